The van der Waals surface area contributed by atoms with Crippen LogP contribution in [0, 0.1) is 6.92 Å². The molecule has 94 valence electrons. The van der Waals surface area contributed by atoms with Crippen molar-refractivity contribution in [1.29, 1.82) is 0 Å². The normalized spacial score (nSPS) is 17.9. The van der Waals surface area contributed by atoms with E-state index in [4.69, 9.17) is 0 Å². The van der Waals surface area contributed by atoms with Crippen molar-refractivity contribution in [2.75, 3.05) is 0 Å². The maximum atomic E-state index is 12.6. The van der Waals surface area contributed by atoms with Crippen molar-refractivity contribution >= 4 is 5.91 Å². The SMILES string of the molecule is Cc1cc(C(=O)NC2(C)CC2)c(C(F)(F)F)o1. The minimum Gasteiger partial charge on any atom is -0.456 e. The molecule has 1 N–H and O–H groups in total. The summed E-state index contributed by atoms with van der Waals surface area (Å²) in [7, 11) is 0. The number of furan rings is 1. The molecule has 1 amide bonds. The lowest BCUT2D eigenvalue weighted by Crippen LogP contribution is -2.35. The van der Waals surface area contributed by atoms with Gasteiger partial charge in [-0.1, -0.05) is 0 Å². The Morgan fingerprint density at radius 3 is 2.53 bits per heavy atom. The summed E-state index contributed by atoms with van der Waals surface area (Å²) in [4.78, 5) is 11.7. The summed E-state index contributed by atoms with van der Waals surface area (Å²) in [5, 5.41) is 2.57. The Bertz CT molecular complexity index is 458. The molecule has 0 aromatic carbocycles. The summed E-state index contributed by atoms with van der Waals surface area (Å²) >= 11 is 0. The number of halogens is 3. The molecular weight excluding hydrogens is 235 g/mol. The Kier molecular flexibility index (Phi) is 2.48. The minimum atomic E-state index is -4.65. The standard InChI is InChI=1S/C11H12F3NO2/c1-6-5-7(8(17-6)11(12,13)14)9(16)15-10(2)3-4-10/h5H,3-4H2,1-2H3,(H,15,16). The Hall–Kier alpha value is -1.46. The Balaban J connectivity index is 2.28. The predicted octanol–water partition coefficient (Wildman–Crippen LogP) is 2.89. The first-order chi connectivity index (χ1) is 7.71. The van der Waals surface area contributed by atoms with Gasteiger partial charge in [0.15, 0.2) is 0 Å². The van der Waals surface area contributed by atoms with Crippen LogP contribution in [-0.2, 0) is 6.18 Å². The van der Waals surface area contributed by atoms with Crippen molar-refractivity contribution in [3.05, 3.63) is 23.2 Å². The number of amides is 1. The average molecular weight is 247 g/mol. The van der Waals surface area contributed by atoms with E-state index in [1.165, 1.54) is 6.92 Å². The number of carbonyl (C=O) groups is 1. The second-order valence-corrected chi connectivity index (χ2v) is 4.61. The molecule has 0 bridgehead atoms. The maximum absolute atomic E-state index is 12.6. The summed E-state index contributed by atoms with van der Waals surface area (Å²) in [6.45, 7) is 3.18. The van der Waals surface area contributed by atoms with Gasteiger partial charge in [-0.2, -0.15) is 13.2 Å². The minimum absolute atomic E-state index is 0.0726. The fourth-order valence-corrected chi connectivity index (χ4v) is 1.55. The highest BCUT2D eigenvalue weighted by atomic mass is 19.4. The van der Waals surface area contributed by atoms with Crippen molar-refractivity contribution in [1.82, 2.24) is 5.32 Å². The van der Waals surface area contributed by atoms with Crippen LogP contribution in [0.3, 0.4) is 0 Å². The van der Waals surface area contributed by atoms with Gasteiger partial charge in [0.2, 0.25) is 5.76 Å². The zero-order valence-electron chi connectivity index (χ0n) is 9.44. The summed E-state index contributed by atoms with van der Waals surface area (Å²) in [6.07, 6.45) is -3.07. The molecule has 0 saturated heterocycles. The van der Waals surface area contributed by atoms with Gasteiger partial charge in [0.1, 0.15) is 5.76 Å². The first-order valence-corrected chi connectivity index (χ1v) is 5.21. The Morgan fingerprint density at radius 2 is 2.06 bits per heavy atom. The molecule has 1 aliphatic rings. The van der Waals surface area contributed by atoms with Crippen molar-refractivity contribution in [3.8, 4) is 0 Å². The predicted molar refractivity (Wildman–Crippen MR) is 53.6 cm³/mol. The van der Waals surface area contributed by atoms with E-state index in [1.54, 1.807) is 6.92 Å². The smallest absolute Gasteiger partial charge is 0.450 e. The Morgan fingerprint density at radius 1 is 1.47 bits per heavy atom. The summed E-state index contributed by atoms with van der Waals surface area (Å²) in [5.41, 5.74) is -0.798. The van der Waals surface area contributed by atoms with Gasteiger partial charge < -0.3 is 9.73 Å². The number of carbonyl (C=O) groups excluding carboxylic acids is 1. The second-order valence-electron chi connectivity index (χ2n) is 4.61. The number of aryl methyl sites for hydroxylation is 1. The van der Waals surface area contributed by atoms with Crippen LogP contribution in [0.2, 0.25) is 0 Å². The molecule has 17 heavy (non-hydrogen) atoms. The molecular formula is C11H12F3NO2. The van der Waals surface area contributed by atoms with Gasteiger partial charge in [0.25, 0.3) is 5.91 Å². The molecule has 1 aliphatic carbocycles. The third kappa shape index (κ3) is 2.45. The molecule has 1 saturated carbocycles. The quantitative estimate of drug-likeness (QED) is 0.873. The van der Waals surface area contributed by atoms with Crippen molar-refractivity contribution in [2.24, 2.45) is 0 Å². The third-order valence-corrected chi connectivity index (χ3v) is 2.77. The highest BCUT2D eigenvalue weighted by molar-refractivity contribution is 5.96. The maximum Gasteiger partial charge on any atom is 0.450 e. The van der Waals surface area contributed by atoms with E-state index in [9.17, 15) is 18.0 Å². The van der Waals surface area contributed by atoms with Crippen LogP contribution in [0.5, 0.6) is 0 Å². The molecule has 0 aliphatic heterocycles. The molecule has 3 nitrogen and oxygen atoms in total. The van der Waals surface area contributed by atoms with E-state index in [-0.39, 0.29) is 11.3 Å². The van der Waals surface area contributed by atoms with E-state index < -0.39 is 23.4 Å². The van der Waals surface area contributed by atoms with Crippen molar-refractivity contribution < 1.29 is 22.4 Å². The van der Waals surface area contributed by atoms with Gasteiger partial charge >= 0.3 is 6.18 Å². The molecule has 2 rings (SSSR count). The molecule has 1 aromatic rings. The number of rotatable bonds is 2. The fourth-order valence-electron chi connectivity index (χ4n) is 1.55. The van der Waals surface area contributed by atoms with Crippen LogP contribution in [0.1, 0.15) is 41.6 Å². The number of hydrogen-bond acceptors (Lipinski definition) is 2. The molecule has 0 unspecified atom stereocenters. The van der Waals surface area contributed by atoms with Crippen LogP contribution < -0.4 is 5.32 Å². The van der Waals surface area contributed by atoms with Gasteiger partial charge in [-0.05, 0) is 32.8 Å². The highest BCUT2D eigenvalue weighted by Gasteiger charge is 2.43. The average Bonchev–Trinajstić information content (AvgIpc) is 2.74. The zero-order chi connectivity index (χ0) is 12.8. The summed E-state index contributed by atoms with van der Waals surface area (Å²) in [5.74, 6) is -1.88. The molecule has 1 heterocycles. The topological polar surface area (TPSA) is 42.2 Å². The lowest BCUT2D eigenvalue weighted by atomic mass is 10.2. The zero-order valence-corrected chi connectivity index (χ0v) is 9.44. The highest BCUT2D eigenvalue weighted by Crippen LogP contribution is 2.37. The van der Waals surface area contributed by atoms with Crippen LogP contribution in [0.15, 0.2) is 10.5 Å². The first-order valence-electron chi connectivity index (χ1n) is 5.21. The van der Waals surface area contributed by atoms with Gasteiger partial charge in [-0.15, -0.1) is 0 Å². The number of nitrogens with one attached hydrogen (secondary N) is 1. The van der Waals surface area contributed by atoms with Crippen LogP contribution in [0.4, 0.5) is 13.2 Å². The molecule has 1 aromatic heterocycles. The van der Waals surface area contributed by atoms with Gasteiger partial charge in [0.05, 0.1) is 5.56 Å². The lowest BCUT2D eigenvalue weighted by Gasteiger charge is -2.11. The molecule has 0 spiro atoms. The van der Waals surface area contributed by atoms with Crippen LogP contribution >= 0.6 is 0 Å². The van der Waals surface area contributed by atoms with E-state index in [0.717, 1.165) is 18.9 Å². The van der Waals surface area contributed by atoms with Crippen LogP contribution in [0.25, 0.3) is 0 Å². The van der Waals surface area contributed by atoms with Crippen molar-refractivity contribution in [3.63, 3.8) is 0 Å². The van der Waals surface area contributed by atoms with E-state index >= 15 is 0 Å². The molecule has 0 radical (unpaired) electrons. The Labute approximate surface area is 96.0 Å². The fraction of sp³-hybridized carbons (Fsp3) is 0.545. The van der Waals surface area contributed by atoms with Gasteiger partial charge in [0, 0.05) is 5.54 Å². The lowest BCUT2D eigenvalue weighted by molar-refractivity contribution is -0.153. The largest absolute Gasteiger partial charge is 0.456 e. The molecule has 6 heteroatoms. The van der Waals surface area contributed by atoms with Gasteiger partial charge in [-0.25, -0.2) is 0 Å². The monoisotopic (exact) mass is 247 g/mol. The summed E-state index contributed by atoms with van der Waals surface area (Å²) < 4.78 is 42.3. The third-order valence-electron chi connectivity index (χ3n) is 2.77. The second kappa shape index (κ2) is 3.51. The number of alkyl halides is 3. The first kappa shape index (κ1) is 12.0. The number of hydrogen-bond donors (Lipinski definition) is 1. The van der Waals surface area contributed by atoms with Gasteiger partial charge in [-0.3, -0.25) is 4.79 Å². The van der Waals surface area contributed by atoms with E-state index in [1.807, 2.05) is 0 Å². The van der Waals surface area contributed by atoms with Crippen LogP contribution in [-0.4, -0.2) is 11.4 Å². The van der Waals surface area contributed by atoms with E-state index in [0.29, 0.717) is 0 Å². The van der Waals surface area contributed by atoms with E-state index in [2.05, 4.69) is 9.73 Å². The summed E-state index contributed by atoms with van der Waals surface area (Å²) in [6, 6.07) is 1.11. The van der Waals surface area contributed by atoms with Crippen molar-refractivity contribution in [2.45, 2.75) is 38.4 Å². The molecule has 0 atom stereocenters. The molecule has 1 fully saturated rings.